The van der Waals surface area contributed by atoms with E-state index in [1.807, 2.05) is 10.6 Å². The Morgan fingerprint density at radius 1 is 1.44 bits per heavy atom. The molecule has 1 saturated heterocycles. The van der Waals surface area contributed by atoms with E-state index < -0.39 is 6.09 Å². The summed E-state index contributed by atoms with van der Waals surface area (Å²) in [5.41, 5.74) is 0.944. The Balaban J connectivity index is 1.92. The van der Waals surface area contributed by atoms with E-state index in [2.05, 4.69) is 9.97 Å². The molecule has 1 fully saturated rings. The van der Waals surface area contributed by atoms with Gasteiger partial charge in [-0.3, -0.25) is 4.98 Å². The van der Waals surface area contributed by atoms with Crippen molar-refractivity contribution in [1.82, 2.24) is 19.3 Å². The Morgan fingerprint density at radius 3 is 3.17 bits per heavy atom. The maximum Gasteiger partial charge on any atom is 0.407 e. The summed E-state index contributed by atoms with van der Waals surface area (Å²) in [6.07, 6.45) is 8.15. The second kappa shape index (κ2) is 4.29. The highest BCUT2D eigenvalue weighted by Crippen LogP contribution is 2.26. The number of rotatable bonds is 1. The molecular weight excluding hydrogens is 232 g/mol. The van der Waals surface area contributed by atoms with Crippen LogP contribution in [0.2, 0.25) is 0 Å². The summed E-state index contributed by atoms with van der Waals surface area (Å²) in [7, 11) is 0. The van der Waals surface area contributed by atoms with Gasteiger partial charge in [-0.1, -0.05) is 0 Å². The first-order valence-corrected chi connectivity index (χ1v) is 6.00. The highest BCUT2D eigenvalue weighted by atomic mass is 16.4. The third-order valence-corrected chi connectivity index (χ3v) is 3.42. The smallest absolute Gasteiger partial charge is 0.407 e. The molecule has 94 valence electrons. The predicted octanol–water partition coefficient (Wildman–Crippen LogP) is 1.59. The van der Waals surface area contributed by atoms with Gasteiger partial charge in [0, 0.05) is 31.4 Å². The molecule has 1 aliphatic heterocycles. The van der Waals surface area contributed by atoms with Gasteiger partial charge in [0.25, 0.3) is 0 Å². The Kier molecular flexibility index (Phi) is 2.62. The minimum atomic E-state index is -0.845. The lowest BCUT2D eigenvalue weighted by atomic mass is 9.97. The van der Waals surface area contributed by atoms with Crippen molar-refractivity contribution >= 4 is 11.6 Å². The lowest BCUT2D eigenvalue weighted by molar-refractivity contribution is 0.129. The molecule has 1 atom stereocenters. The molecule has 0 bridgehead atoms. The third-order valence-electron chi connectivity index (χ3n) is 3.42. The first kappa shape index (κ1) is 11.0. The van der Waals surface area contributed by atoms with Crippen molar-refractivity contribution in [1.29, 1.82) is 0 Å². The van der Waals surface area contributed by atoms with Crippen LogP contribution in [0.3, 0.4) is 0 Å². The molecule has 6 heteroatoms. The Bertz CT molecular complexity index is 580. The van der Waals surface area contributed by atoms with E-state index in [9.17, 15) is 4.79 Å². The summed E-state index contributed by atoms with van der Waals surface area (Å²) in [6, 6.07) is 0. The molecule has 0 aromatic carbocycles. The number of carbonyl (C=O) groups is 1. The molecule has 1 aliphatic rings. The van der Waals surface area contributed by atoms with Crippen LogP contribution in [0.4, 0.5) is 4.79 Å². The average Bonchev–Trinajstić information content (AvgIpc) is 2.82. The zero-order valence-corrected chi connectivity index (χ0v) is 9.86. The highest BCUT2D eigenvalue weighted by Gasteiger charge is 2.26. The van der Waals surface area contributed by atoms with Crippen molar-refractivity contribution in [2.75, 3.05) is 13.1 Å². The van der Waals surface area contributed by atoms with Gasteiger partial charge in [0.15, 0.2) is 0 Å². The molecule has 2 aromatic rings. The second-order valence-electron chi connectivity index (χ2n) is 4.56. The molecule has 1 amide bonds. The number of aromatic nitrogens is 3. The minimum Gasteiger partial charge on any atom is -0.465 e. The van der Waals surface area contributed by atoms with Crippen LogP contribution in [0, 0.1) is 0 Å². The van der Waals surface area contributed by atoms with Crippen LogP contribution in [-0.2, 0) is 0 Å². The van der Waals surface area contributed by atoms with Crippen LogP contribution >= 0.6 is 0 Å². The van der Waals surface area contributed by atoms with Crippen LogP contribution in [0.25, 0.3) is 5.52 Å². The van der Waals surface area contributed by atoms with Gasteiger partial charge in [0.1, 0.15) is 5.82 Å². The van der Waals surface area contributed by atoms with Gasteiger partial charge in [-0.2, -0.15) is 0 Å². The lowest BCUT2D eigenvalue weighted by Crippen LogP contribution is -2.38. The molecule has 6 nitrogen and oxygen atoms in total. The number of imidazole rings is 1. The molecule has 1 N–H and O–H groups in total. The van der Waals surface area contributed by atoms with Crippen LogP contribution in [0.15, 0.2) is 24.8 Å². The van der Waals surface area contributed by atoms with Crippen molar-refractivity contribution < 1.29 is 9.90 Å². The van der Waals surface area contributed by atoms with E-state index in [0.29, 0.717) is 13.1 Å². The number of carboxylic acid groups (broad SMARTS) is 1. The molecule has 1 unspecified atom stereocenters. The van der Waals surface area contributed by atoms with E-state index in [1.54, 1.807) is 18.6 Å². The number of likely N-dealkylation sites (tertiary alicyclic amines) is 1. The molecule has 3 rings (SSSR count). The first-order valence-electron chi connectivity index (χ1n) is 6.00. The van der Waals surface area contributed by atoms with E-state index >= 15 is 0 Å². The number of amides is 1. The minimum absolute atomic E-state index is 0.166. The molecule has 3 heterocycles. The van der Waals surface area contributed by atoms with Gasteiger partial charge in [0.2, 0.25) is 0 Å². The van der Waals surface area contributed by atoms with Crippen LogP contribution < -0.4 is 0 Å². The number of fused-ring (bicyclic) bond motifs is 1. The maximum absolute atomic E-state index is 11.0. The summed E-state index contributed by atoms with van der Waals surface area (Å²) >= 11 is 0. The number of hydrogen-bond acceptors (Lipinski definition) is 3. The zero-order valence-electron chi connectivity index (χ0n) is 9.86. The zero-order chi connectivity index (χ0) is 12.5. The monoisotopic (exact) mass is 246 g/mol. The molecular formula is C12H14N4O2. The summed E-state index contributed by atoms with van der Waals surface area (Å²) in [5, 5.41) is 9.06. The van der Waals surface area contributed by atoms with Crippen LogP contribution in [0.5, 0.6) is 0 Å². The van der Waals surface area contributed by atoms with Crippen molar-refractivity contribution in [2.45, 2.75) is 18.8 Å². The van der Waals surface area contributed by atoms with E-state index in [0.717, 1.165) is 24.2 Å². The maximum atomic E-state index is 11.0. The fraction of sp³-hybridized carbons (Fsp3) is 0.417. The Morgan fingerprint density at radius 2 is 2.33 bits per heavy atom. The van der Waals surface area contributed by atoms with Crippen molar-refractivity contribution in [3.63, 3.8) is 0 Å². The van der Waals surface area contributed by atoms with Crippen LogP contribution in [0.1, 0.15) is 24.6 Å². The SMILES string of the molecule is O=C(O)N1CCCC(c2ncc3cnccn23)C1. The van der Waals surface area contributed by atoms with Gasteiger partial charge in [-0.05, 0) is 12.8 Å². The summed E-state index contributed by atoms with van der Waals surface area (Å²) in [6.45, 7) is 1.15. The molecule has 18 heavy (non-hydrogen) atoms. The predicted molar refractivity (Wildman–Crippen MR) is 64.6 cm³/mol. The number of hydrogen-bond donors (Lipinski definition) is 1. The van der Waals surface area contributed by atoms with E-state index in [-0.39, 0.29) is 5.92 Å². The van der Waals surface area contributed by atoms with E-state index in [4.69, 9.17) is 5.11 Å². The molecule has 0 aliphatic carbocycles. The third kappa shape index (κ3) is 1.79. The molecule has 0 saturated carbocycles. The van der Waals surface area contributed by atoms with Crippen molar-refractivity contribution in [3.8, 4) is 0 Å². The van der Waals surface area contributed by atoms with Crippen molar-refractivity contribution in [2.24, 2.45) is 0 Å². The quantitative estimate of drug-likeness (QED) is 0.829. The fourth-order valence-electron chi connectivity index (χ4n) is 2.54. The number of nitrogens with zero attached hydrogens (tertiary/aromatic N) is 4. The Labute approximate surface area is 104 Å². The molecule has 0 spiro atoms. The lowest BCUT2D eigenvalue weighted by Gasteiger charge is -2.29. The highest BCUT2D eigenvalue weighted by molar-refractivity contribution is 5.65. The molecule has 2 aromatic heterocycles. The number of piperidine rings is 1. The average molecular weight is 246 g/mol. The normalized spacial score (nSPS) is 20.2. The van der Waals surface area contributed by atoms with Gasteiger partial charge < -0.3 is 14.4 Å². The summed E-state index contributed by atoms with van der Waals surface area (Å²) in [4.78, 5) is 21.0. The van der Waals surface area contributed by atoms with Crippen molar-refractivity contribution in [3.05, 3.63) is 30.6 Å². The Hall–Kier alpha value is -2.11. The first-order chi connectivity index (χ1) is 8.75. The molecule has 0 radical (unpaired) electrons. The van der Waals surface area contributed by atoms with Gasteiger partial charge >= 0.3 is 6.09 Å². The summed E-state index contributed by atoms with van der Waals surface area (Å²) in [5.74, 6) is 1.10. The van der Waals surface area contributed by atoms with Gasteiger partial charge in [0.05, 0.1) is 17.9 Å². The van der Waals surface area contributed by atoms with Gasteiger partial charge in [-0.25, -0.2) is 9.78 Å². The summed E-state index contributed by atoms with van der Waals surface area (Å²) < 4.78 is 1.99. The largest absolute Gasteiger partial charge is 0.465 e. The topological polar surface area (TPSA) is 70.7 Å². The van der Waals surface area contributed by atoms with Gasteiger partial charge in [-0.15, -0.1) is 0 Å². The van der Waals surface area contributed by atoms with Crippen LogP contribution in [-0.4, -0.2) is 43.6 Å². The van der Waals surface area contributed by atoms with E-state index in [1.165, 1.54) is 4.90 Å². The standard InChI is InChI=1S/C12H14N4O2/c17-12(18)15-4-1-2-9(8-15)11-14-7-10-6-13-3-5-16(10)11/h3,5-7,9H,1-2,4,8H2,(H,17,18). The second-order valence-corrected chi connectivity index (χ2v) is 4.56. The fourth-order valence-corrected chi connectivity index (χ4v) is 2.54.